The van der Waals surface area contributed by atoms with Crippen LogP contribution >= 0.6 is 0 Å². The number of benzene rings is 2. The molecule has 1 heterocycles. The molecule has 1 saturated heterocycles. The number of nitrogens with zero attached hydrogens (tertiary/aromatic N) is 2. The van der Waals surface area contributed by atoms with Gasteiger partial charge in [0.2, 0.25) is 0 Å². The lowest BCUT2D eigenvalue weighted by Gasteiger charge is -2.36. The van der Waals surface area contributed by atoms with Crippen molar-refractivity contribution in [1.29, 1.82) is 0 Å². The van der Waals surface area contributed by atoms with Crippen LogP contribution in [0.4, 0.5) is 5.69 Å². The summed E-state index contributed by atoms with van der Waals surface area (Å²) < 4.78 is 10.5. The maximum Gasteiger partial charge on any atom is 0.308 e. The summed E-state index contributed by atoms with van der Waals surface area (Å²) in [6.07, 6.45) is 0.946. The van der Waals surface area contributed by atoms with Gasteiger partial charge in [-0.3, -0.25) is 9.69 Å². The first-order valence-electron chi connectivity index (χ1n) is 9.45. The van der Waals surface area contributed by atoms with Gasteiger partial charge in [0.25, 0.3) is 0 Å². The predicted molar refractivity (Wildman–Crippen MR) is 108 cm³/mol. The van der Waals surface area contributed by atoms with Crippen LogP contribution in [-0.2, 0) is 11.2 Å². The number of hydrogen-bond acceptors (Lipinski definition) is 5. The number of carbonyl (C=O) groups is 1. The van der Waals surface area contributed by atoms with Crippen molar-refractivity contribution >= 4 is 11.7 Å². The molecular formula is C22H28N2O3. The lowest BCUT2D eigenvalue weighted by molar-refractivity contribution is -0.132. The van der Waals surface area contributed by atoms with E-state index in [0.29, 0.717) is 11.5 Å². The quantitative estimate of drug-likeness (QED) is 0.578. The van der Waals surface area contributed by atoms with E-state index in [4.69, 9.17) is 9.47 Å². The average Bonchev–Trinajstić information content (AvgIpc) is 2.67. The molecule has 3 rings (SSSR count). The molecule has 0 aromatic heterocycles. The van der Waals surface area contributed by atoms with E-state index in [1.807, 2.05) is 18.2 Å². The Hall–Kier alpha value is -2.53. The second kappa shape index (κ2) is 8.91. The highest BCUT2D eigenvalue weighted by molar-refractivity contribution is 5.70. The predicted octanol–water partition coefficient (Wildman–Crippen LogP) is 3.29. The molecule has 2 aromatic rings. The zero-order valence-corrected chi connectivity index (χ0v) is 16.4. The zero-order valence-electron chi connectivity index (χ0n) is 16.4. The topological polar surface area (TPSA) is 42.0 Å². The number of rotatable bonds is 6. The number of aryl methyl sites for hydroxylation is 1. The van der Waals surface area contributed by atoms with Crippen molar-refractivity contribution in [3.8, 4) is 11.5 Å². The Morgan fingerprint density at radius 2 is 1.78 bits per heavy atom. The number of methoxy groups -OCH3 is 1. The molecule has 0 spiro atoms. The normalized spacial score (nSPS) is 14.9. The highest BCUT2D eigenvalue weighted by Crippen LogP contribution is 2.28. The third kappa shape index (κ3) is 5.01. The van der Waals surface area contributed by atoms with E-state index in [2.05, 4.69) is 41.0 Å². The minimum Gasteiger partial charge on any atom is -0.493 e. The SMILES string of the molecule is COc1cc(CCN2CCN(c3ccccc3C)CC2)ccc1OC(C)=O. The summed E-state index contributed by atoms with van der Waals surface area (Å²) in [4.78, 5) is 16.1. The molecule has 5 heteroatoms. The summed E-state index contributed by atoms with van der Waals surface area (Å²) >= 11 is 0. The van der Waals surface area contributed by atoms with Gasteiger partial charge in [-0.15, -0.1) is 0 Å². The van der Waals surface area contributed by atoms with Crippen LogP contribution in [0.1, 0.15) is 18.1 Å². The van der Waals surface area contributed by atoms with Crippen molar-refractivity contribution in [2.24, 2.45) is 0 Å². The van der Waals surface area contributed by atoms with Crippen LogP contribution in [0.15, 0.2) is 42.5 Å². The monoisotopic (exact) mass is 368 g/mol. The van der Waals surface area contributed by atoms with Gasteiger partial charge in [0, 0.05) is 45.3 Å². The van der Waals surface area contributed by atoms with Crippen LogP contribution in [-0.4, -0.2) is 50.7 Å². The number of ether oxygens (including phenoxy) is 2. The Morgan fingerprint density at radius 3 is 2.44 bits per heavy atom. The Labute approximate surface area is 161 Å². The van der Waals surface area contributed by atoms with Gasteiger partial charge >= 0.3 is 5.97 Å². The van der Waals surface area contributed by atoms with Crippen molar-refractivity contribution in [1.82, 2.24) is 4.90 Å². The number of hydrogen-bond donors (Lipinski definition) is 0. The minimum absolute atomic E-state index is 0.340. The molecule has 0 unspecified atom stereocenters. The van der Waals surface area contributed by atoms with Crippen molar-refractivity contribution in [3.05, 3.63) is 53.6 Å². The van der Waals surface area contributed by atoms with Gasteiger partial charge in [-0.25, -0.2) is 0 Å². The van der Waals surface area contributed by atoms with Gasteiger partial charge < -0.3 is 14.4 Å². The molecule has 0 N–H and O–H groups in total. The number of anilines is 1. The van der Waals surface area contributed by atoms with E-state index in [-0.39, 0.29) is 5.97 Å². The third-order valence-corrected chi connectivity index (χ3v) is 5.03. The first-order valence-corrected chi connectivity index (χ1v) is 9.45. The average molecular weight is 368 g/mol. The first-order chi connectivity index (χ1) is 13.1. The minimum atomic E-state index is -0.340. The molecule has 0 amide bonds. The Kier molecular flexibility index (Phi) is 6.35. The van der Waals surface area contributed by atoms with Crippen molar-refractivity contribution in [2.75, 3.05) is 44.7 Å². The maximum atomic E-state index is 11.2. The van der Waals surface area contributed by atoms with Crippen molar-refractivity contribution < 1.29 is 14.3 Å². The highest BCUT2D eigenvalue weighted by atomic mass is 16.6. The second-order valence-electron chi connectivity index (χ2n) is 6.94. The summed E-state index contributed by atoms with van der Waals surface area (Å²) in [5.74, 6) is 0.736. The number of carbonyl (C=O) groups excluding carboxylic acids is 1. The van der Waals surface area contributed by atoms with E-state index < -0.39 is 0 Å². The lowest BCUT2D eigenvalue weighted by atomic mass is 10.1. The van der Waals surface area contributed by atoms with Gasteiger partial charge in [0.15, 0.2) is 11.5 Å². The fraction of sp³-hybridized carbons (Fsp3) is 0.409. The van der Waals surface area contributed by atoms with Crippen LogP contribution in [0.5, 0.6) is 11.5 Å². The number of piperazine rings is 1. The second-order valence-corrected chi connectivity index (χ2v) is 6.94. The maximum absolute atomic E-state index is 11.2. The summed E-state index contributed by atoms with van der Waals surface area (Å²) in [5, 5.41) is 0. The van der Waals surface area contributed by atoms with Crippen LogP contribution in [0.25, 0.3) is 0 Å². The first kappa shape index (κ1) is 19.2. The van der Waals surface area contributed by atoms with Crippen LogP contribution in [0, 0.1) is 6.92 Å². The molecule has 1 aliphatic heterocycles. The molecule has 0 bridgehead atoms. The van der Waals surface area contributed by atoms with E-state index >= 15 is 0 Å². The van der Waals surface area contributed by atoms with Gasteiger partial charge in [0.1, 0.15) is 0 Å². The third-order valence-electron chi connectivity index (χ3n) is 5.03. The van der Waals surface area contributed by atoms with Gasteiger partial charge in [0.05, 0.1) is 7.11 Å². The van der Waals surface area contributed by atoms with Crippen LogP contribution < -0.4 is 14.4 Å². The summed E-state index contributed by atoms with van der Waals surface area (Å²) in [6, 6.07) is 14.4. The molecule has 0 saturated carbocycles. The van der Waals surface area contributed by atoms with E-state index in [9.17, 15) is 4.79 Å². The lowest BCUT2D eigenvalue weighted by Crippen LogP contribution is -2.47. The number of esters is 1. The molecule has 2 aromatic carbocycles. The van der Waals surface area contributed by atoms with Crippen LogP contribution in [0.3, 0.4) is 0 Å². The van der Waals surface area contributed by atoms with Gasteiger partial charge in [-0.05, 0) is 42.7 Å². The fourth-order valence-electron chi connectivity index (χ4n) is 3.52. The highest BCUT2D eigenvalue weighted by Gasteiger charge is 2.18. The Bertz CT molecular complexity index is 783. The molecule has 0 atom stereocenters. The van der Waals surface area contributed by atoms with E-state index in [1.165, 1.54) is 23.7 Å². The summed E-state index contributed by atoms with van der Waals surface area (Å²) in [5.41, 5.74) is 3.87. The molecular weight excluding hydrogens is 340 g/mol. The molecule has 5 nitrogen and oxygen atoms in total. The Morgan fingerprint density at radius 1 is 1.04 bits per heavy atom. The largest absolute Gasteiger partial charge is 0.493 e. The van der Waals surface area contributed by atoms with E-state index in [1.54, 1.807) is 7.11 Å². The number of para-hydroxylation sites is 1. The van der Waals surface area contributed by atoms with Crippen molar-refractivity contribution in [3.63, 3.8) is 0 Å². The van der Waals surface area contributed by atoms with E-state index in [0.717, 1.165) is 39.1 Å². The summed E-state index contributed by atoms with van der Waals surface area (Å²) in [6.45, 7) is 8.82. The molecule has 144 valence electrons. The molecule has 1 aliphatic rings. The van der Waals surface area contributed by atoms with Gasteiger partial charge in [-0.1, -0.05) is 24.3 Å². The molecule has 0 radical (unpaired) electrons. The van der Waals surface area contributed by atoms with Crippen molar-refractivity contribution in [2.45, 2.75) is 20.3 Å². The molecule has 1 fully saturated rings. The molecule has 27 heavy (non-hydrogen) atoms. The Balaban J connectivity index is 1.53. The molecule has 0 aliphatic carbocycles. The fourth-order valence-corrected chi connectivity index (χ4v) is 3.52. The summed E-state index contributed by atoms with van der Waals surface area (Å²) in [7, 11) is 1.59. The zero-order chi connectivity index (χ0) is 19.2. The van der Waals surface area contributed by atoms with Gasteiger partial charge in [-0.2, -0.15) is 0 Å². The standard InChI is InChI=1S/C22H28N2O3/c1-17-6-4-5-7-20(17)24-14-12-23(13-15-24)11-10-19-8-9-21(27-18(2)25)22(16-19)26-3/h4-9,16H,10-15H2,1-3H3. The van der Waals surface area contributed by atoms with Crippen LogP contribution in [0.2, 0.25) is 0 Å². The smallest absolute Gasteiger partial charge is 0.308 e.